The van der Waals surface area contributed by atoms with Crippen molar-refractivity contribution in [3.8, 4) is 16.9 Å². The molecule has 0 saturated carbocycles. The molecule has 4 rings (SSSR count). The molecular weight excluding hydrogens is 384 g/mol. The molecule has 152 valence electrons. The van der Waals surface area contributed by atoms with Crippen molar-refractivity contribution in [1.29, 1.82) is 0 Å². The van der Waals surface area contributed by atoms with Gasteiger partial charge in [-0.1, -0.05) is 42.0 Å². The second-order valence-corrected chi connectivity index (χ2v) is 7.62. The largest absolute Gasteiger partial charge is 0.338 e. The van der Waals surface area contributed by atoms with Crippen molar-refractivity contribution in [2.75, 3.05) is 13.1 Å². The fraction of sp³-hybridized carbons (Fsp3) is 0.304. The zero-order valence-electron chi connectivity index (χ0n) is 16.8. The second kappa shape index (κ2) is 8.80. The molecule has 5 nitrogen and oxygen atoms in total. The SMILES string of the molecule is Cc1ccc(-c2nn(-c3ccccc3)cc2C(=O)N2CCC(N)CC2)c(C)c1.Cl. The van der Waals surface area contributed by atoms with Crippen molar-refractivity contribution >= 4 is 18.3 Å². The van der Waals surface area contributed by atoms with E-state index >= 15 is 0 Å². The molecular formula is C23H27ClN4O. The maximum absolute atomic E-state index is 13.4. The standard InChI is InChI=1S/C23H26N4O.ClH/c1-16-8-9-20(17(2)14-16)22-21(23(28)26-12-10-18(24)11-13-26)15-27(25-22)19-6-4-3-5-7-19;/h3-9,14-15,18H,10-13,24H2,1-2H3;1H. The minimum Gasteiger partial charge on any atom is -0.338 e. The van der Waals surface area contributed by atoms with Crippen molar-refractivity contribution in [2.24, 2.45) is 5.73 Å². The average molecular weight is 411 g/mol. The van der Waals surface area contributed by atoms with Gasteiger partial charge in [-0.15, -0.1) is 12.4 Å². The van der Waals surface area contributed by atoms with Crippen molar-refractivity contribution in [3.05, 3.63) is 71.4 Å². The topological polar surface area (TPSA) is 64.2 Å². The quantitative estimate of drug-likeness (QED) is 0.705. The van der Waals surface area contributed by atoms with Gasteiger partial charge in [0.25, 0.3) is 5.91 Å². The highest BCUT2D eigenvalue weighted by atomic mass is 35.5. The third-order valence-corrected chi connectivity index (χ3v) is 5.43. The van der Waals surface area contributed by atoms with Gasteiger partial charge in [0.2, 0.25) is 0 Å². The van der Waals surface area contributed by atoms with Crippen LogP contribution in [0.4, 0.5) is 0 Å². The molecule has 1 fully saturated rings. The van der Waals surface area contributed by atoms with Crippen LogP contribution >= 0.6 is 12.4 Å². The summed E-state index contributed by atoms with van der Waals surface area (Å²) in [6, 6.07) is 16.4. The fourth-order valence-electron chi connectivity index (χ4n) is 3.79. The van der Waals surface area contributed by atoms with Crippen LogP contribution in [0.5, 0.6) is 0 Å². The molecule has 0 atom stereocenters. The number of nitrogens with zero attached hydrogens (tertiary/aromatic N) is 3. The first-order chi connectivity index (χ1) is 13.5. The van der Waals surface area contributed by atoms with Gasteiger partial charge >= 0.3 is 0 Å². The first-order valence-corrected chi connectivity index (χ1v) is 9.80. The van der Waals surface area contributed by atoms with Gasteiger partial charge in [0.15, 0.2) is 0 Å². The number of benzene rings is 2. The number of carbonyl (C=O) groups is 1. The summed E-state index contributed by atoms with van der Waals surface area (Å²) in [7, 11) is 0. The average Bonchev–Trinajstić information content (AvgIpc) is 3.14. The number of aromatic nitrogens is 2. The summed E-state index contributed by atoms with van der Waals surface area (Å²) in [5.41, 5.74) is 11.6. The van der Waals surface area contributed by atoms with Crippen molar-refractivity contribution < 1.29 is 4.79 Å². The highest BCUT2D eigenvalue weighted by Gasteiger charge is 2.26. The molecule has 0 aliphatic carbocycles. The van der Waals surface area contributed by atoms with E-state index in [0.717, 1.165) is 35.3 Å². The predicted octanol–water partition coefficient (Wildman–Crippen LogP) is 4.14. The molecule has 0 unspecified atom stereocenters. The first kappa shape index (κ1) is 21.1. The zero-order valence-corrected chi connectivity index (χ0v) is 17.7. The van der Waals surface area contributed by atoms with Crippen LogP contribution in [0.2, 0.25) is 0 Å². The highest BCUT2D eigenvalue weighted by molar-refractivity contribution is 6.00. The molecule has 1 amide bonds. The Morgan fingerprint density at radius 2 is 1.76 bits per heavy atom. The normalized spacial score (nSPS) is 14.5. The molecule has 0 bridgehead atoms. The number of likely N-dealkylation sites (tertiary alicyclic amines) is 1. The van der Waals surface area contributed by atoms with E-state index < -0.39 is 0 Å². The number of hydrogen-bond acceptors (Lipinski definition) is 3. The number of piperidine rings is 1. The van der Waals surface area contributed by atoms with Gasteiger partial charge in [0.1, 0.15) is 5.69 Å². The number of nitrogens with two attached hydrogens (primary N) is 1. The summed E-state index contributed by atoms with van der Waals surface area (Å²) < 4.78 is 1.80. The number of aryl methyl sites for hydroxylation is 2. The summed E-state index contributed by atoms with van der Waals surface area (Å²) in [5.74, 6) is 0.0315. The lowest BCUT2D eigenvalue weighted by atomic mass is 9.99. The summed E-state index contributed by atoms with van der Waals surface area (Å²) in [6.45, 7) is 5.53. The Bertz CT molecular complexity index is 991. The zero-order chi connectivity index (χ0) is 19.7. The van der Waals surface area contributed by atoms with E-state index in [1.54, 1.807) is 4.68 Å². The Morgan fingerprint density at radius 3 is 2.41 bits per heavy atom. The lowest BCUT2D eigenvalue weighted by Gasteiger charge is -2.30. The lowest BCUT2D eigenvalue weighted by Crippen LogP contribution is -2.42. The highest BCUT2D eigenvalue weighted by Crippen LogP contribution is 2.29. The van der Waals surface area contributed by atoms with Crippen molar-refractivity contribution in [1.82, 2.24) is 14.7 Å². The maximum Gasteiger partial charge on any atom is 0.257 e. The van der Waals surface area contributed by atoms with Crippen molar-refractivity contribution in [3.63, 3.8) is 0 Å². The van der Waals surface area contributed by atoms with Crippen LogP contribution in [0.1, 0.15) is 34.3 Å². The molecule has 29 heavy (non-hydrogen) atoms. The molecule has 0 radical (unpaired) electrons. The number of rotatable bonds is 3. The molecule has 2 heterocycles. The van der Waals surface area contributed by atoms with E-state index in [-0.39, 0.29) is 24.4 Å². The smallest absolute Gasteiger partial charge is 0.257 e. The first-order valence-electron chi connectivity index (χ1n) is 9.80. The summed E-state index contributed by atoms with van der Waals surface area (Å²) >= 11 is 0. The number of amides is 1. The Morgan fingerprint density at radius 1 is 1.07 bits per heavy atom. The Hall–Kier alpha value is -2.63. The summed E-state index contributed by atoms with van der Waals surface area (Å²) in [4.78, 5) is 15.3. The van der Waals surface area contributed by atoms with Gasteiger partial charge in [-0.2, -0.15) is 5.10 Å². The number of hydrogen-bond donors (Lipinski definition) is 1. The molecule has 1 aromatic heterocycles. The van der Waals surface area contributed by atoms with Crippen molar-refractivity contribution in [2.45, 2.75) is 32.7 Å². The third kappa shape index (κ3) is 4.36. The van der Waals surface area contributed by atoms with E-state index in [1.165, 1.54) is 5.56 Å². The van der Waals surface area contributed by atoms with Crippen LogP contribution in [-0.4, -0.2) is 39.7 Å². The van der Waals surface area contributed by atoms with Crippen LogP contribution in [0.3, 0.4) is 0 Å². The minimum atomic E-state index is 0. The van der Waals surface area contributed by atoms with E-state index in [2.05, 4.69) is 32.0 Å². The molecule has 0 spiro atoms. The predicted molar refractivity (Wildman–Crippen MR) is 119 cm³/mol. The van der Waals surface area contributed by atoms with Crippen LogP contribution in [0.25, 0.3) is 16.9 Å². The maximum atomic E-state index is 13.4. The van der Waals surface area contributed by atoms with Crippen LogP contribution < -0.4 is 5.73 Å². The van der Waals surface area contributed by atoms with E-state index in [4.69, 9.17) is 10.8 Å². The fourth-order valence-corrected chi connectivity index (χ4v) is 3.79. The molecule has 6 heteroatoms. The second-order valence-electron chi connectivity index (χ2n) is 7.62. The summed E-state index contributed by atoms with van der Waals surface area (Å²) in [6.07, 6.45) is 3.55. The van der Waals surface area contributed by atoms with Gasteiger partial charge in [-0.05, 0) is 44.4 Å². The lowest BCUT2D eigenvalue weighted by molar-refractivity contribution is 0.0715. The van der Waals surface area contributed by atoms with Gasteiger partial charge in [-0.25, -0.2) is 4.68 Å². The molecule has 3 aromatic rings. The van der Waals surface area contributed by atoms with Crippen LogP contribution in [-0.2, 0) is 0 Å². The Labute approximate surface area is 177 Å². The van der Waals surface area contributed by atoms with Gasteiger partial charge < -0.3 is 10.6 Å². The molecule has 2 aromatic carbocycles. The number of para-hydroxylation sites is 1. The summed E-state index contributed by atoms with van der Waals surface area (Å²) in [5, 5.41) is 4.82. The monoisotopic (exact) mass is 410 g/mol. The van der Waals surface area contributed by atoms with E-state index in [0.29, 0.717) is 18.7 Å². The minimum absolute atomic E-state index is 0. The molecule has 2 N–H and O–H groups in total. The Kier molecular flexibility index (Phi) is 6.40. The Balaban J connectivity index is 0.00000240. The number of halogens is 1. The van der Waals surface area contributed by atoms with Crippen LogP contribution in [0.15, 0.2) is 54.7 Å². The van der Waals surface area contributed by atoms with E-state index in [1.807, 2.05) is 41.4 Å². The van der Waals surface area contributed by atoms with Gasteiger partial charge in [0, 0.05) is 30.9 Å². The molecule has 1 aliphatic heterocycles. The van der Waals surface area contributed by atoms with E-state index in [9.17, 15) is 4.79 Å². The third-order valence-electron chi connectivity index (χ3n) is 5.43. The van der Waals surface area contributed by atoms with Gasteiger partial charge in [-0.3, -0.25) is 4.79 Å². The van der Waals surface area contributed by atoms with Gasteiger partial charge in [0.05, 0.1) is 11.3 Å². The molecule has 1 saturated heterocycles. The number of carbonyl (C=O) groups excluding carboxylic acids is 1. The van der Waals surface area contributed by atoms with Crippen LogP contribution in [0, 0.1) is 13.8 Å². The molecule has 1 aliphatic rings.